The highest BCUT2D eigenvalue weighted by atomic mass is 16.2. The molecule has 1 N–H and O–H groups in total. The summed E-state index contributed by atoms with van der Waals surface area (Å²) in [5.41, 5.74) is 6.30. The maximum atomic E-state index is 12.9. The van der Waals surface area contributed by atoms with Crippen LogP contribution in [0, 0.1) is 0 Å². The zero-order valence-electron chi connectivity index (χ0n) is 20.3. The van der Waals surface area contributed by atoms with Crippen LogP contribution in [-0.2, 0) is 24.3 Å². The van der Waals surface area contributed by atoms with Gasteiger partial charge in [-0.2, -0.15) is 0 Å². The molecule has 0 aliphatic carbocycles. The molecule has 35 heavy (non-hydrogen) atoms. The van der Waals surface area contributed by atoms with Crippen molar-refractivity contribution in [2.75, 3.05) is 36.1 Å². The zero-order valence-corrected chi connectivity index (χ0v) is 20.3. The van der Waals surface area contributed by atoms with Gasteiger partial charge in [0, 0.05) is 44.1 Å². The predicted molar refractivity (Wildman–Crippen MR) is 141 cm³/mol. The van der Waals surface area contributed by atoms with Crippen molar-refractivity contribution in [1.82, 2.24) is 10.2 Å². The normalized spacial score (nSPS) is 19.6. The molecule has 3 aromatic carbocycles. The molecule has 0 aromatic heterocycles. The Kier molecular flexibility index (Phi) is 5.95. The predicted octanol–water partition coefficient (Wildman–Crippen LogP) is 4.57. The molecule has 1 amide bonds. The summed E-state index contributed by atoms with van der Waals surface area (Å²) in [7, 11) is 0. The van der Waals surface area contributed by atoms with Crippen molar-refractivity contribution >= 4 is 17.3 Å². The molecule has 180 valence electrons. The van der Waals surface area contributed by atoms with Gasteiger partial charge >= 0.3 is 0 Å². The molecular weight excluding hydrogens is 432 g/mol. The number of piperidine rings is 1. The summed E-state index contributed by atoms with van der Waals surface area (Å²) in [5, 5.41) is 3.10. The molecule has 0 unspecified atom stereocenters. The van der Waals surface area contributed by atoms with E-state index in [4.69, 9.17) is 0 Å². The Morgan fingerprint density at radius 3 is 2.23 bits per heavy atom. The lowest BCUT2D eigenvalue weighted by Crippen LogP contribution is -2.56. The number of para-hydroxylation sites is 2. The van der Waals surface area contributed by atoms with E-state index in [1.165, 1.54) is 35.2 Å². The van der Waals surface area contributed by atoms with Gasteiger partial charge in [0.2, 0.25) is 5.91 Å². The monoisotopic (exact) mass is 466 g/mol. The third-order valence-corrected chi connectivity index (χ3v) is 8.10. The molecule has 0 saturated carbocycles. The maximum Gasteiger partial charge on any atom is 0.247 e. The van der Waals surface area contributed by atoms with Gasteiger partial charge in [0.1, 0.15) is 5.54 Å². The number of nitrogens with one attached hydrogen (secondary N) is 1. The molecule has 5 heteroatoms. The highest BCUT2D eigenvalue weighted by Crippen LogP contribution is 2.36. The summed E-state index contributed by atoms with van der Waals surface area (Å²) >= 11 is 0. The van der Waals surface area contributed by atoms with Crippen LogP contribution in [0.15, 0.2) is 78.9 Å². The van der Waals surface area contributed by atoms with Crippen LogP contribution >= 0.6 is 0 Å². The number of hydrogen-bond acceptors (Lipinski definition) is 4. The number of benzene rings is 3. The van der Waals surface area contributed by atoms with E-state index in [9.17, 15) is 4.79 Å². The molecule has 3 aliphatic rings. The fraction of sp³-hybridized carbons (Fsp3) is 0.367. The van der Waals surface area contributed by atoms with Crippen LogP contribution < -0.4 is 15.1 Å². The Balaban J connectivity index is 1.08. The minimum absolute atomic E-state index is 0.185. The number of nitrogens with zero attached hydrogens (tertiary/aromatic N) is 3. The van der Waals surface area contributed by atoms with Gasteiger partial charge in [-0.1, -0.05) is 60.7 Å². The van der Waals surface area contributed by atoms with Gasteiger partial charge in [0.05, 0.1) is 6.67 Å². The first kappa shape index (κ1) is 22.2. The zero-order chi connectivity index (χ0) is 23.7. The lowest BCUT2D eigenvalue weighted by molar-refractivity contribution is -0.125. The Hall–Kier alpha value is -3.31. The van der Waals surface area contributed by atoms with Crippen LogP contribution in [0.4, 0.5) is 11.4 Å². The molecule has 2 fully saturated rings. The summed E-state index contributed by atoms with van der Waals surface area (Å²) in [4.78, 5) is 20.2. The number of hydrogen-bond donors (Lipinski definition) is 1. The number of carbonyl (C=O) groups excluding carboxylic acids is 1. The molecule has 3 aromatic rings. The largest absolute Gasteiger partial charge is 0.367 e. The van der Waals surface area contributed by atoms with Crippen molar-refractivity contribution in [2.45, 2.75) is 44.3 Å². The Labute approximate surface area is 208 Å². The van der Waals surface area contributed by atoms with E-state index < -0.39 is 5.54 Å². The number of carbonyl (C=O) groups is 1. The Morgan fingerprint density at radius 1 is 0.771 bits per heavy atom. The average Bonchev–Trinajstić information content (AvgIpc) is 3.22. The fourth-order valence-corrected chi connectivity index (χ4v) is 6.12. The van der Waals surface area contributed by atoms with Crippen molar-refractivity contribution < 1.29 is 4.79 Å². The smallest absolute Gasteiger partial charge is 0.247 e. The second kappa shape index (κ2) is 9.38. The highest BCUT2D eigenvalue weighted by Gasteiger charge is 2.50. The number of likely N-dealkylation sites (tertiary alicyclic amines) is 1. The molecule has 2 saturated heterocycles. The Morgan fingerprint density at radius 2 is 1.46 bits per heavy atom. The minimum Gasteiger partial charge on any atom is -0.367 e. The molecule has 3 heterocycles. The number of aryl methyl sites for hydroxylation is 1. The van der Waals surface area contributed by atoms with Crippen LogP contribution in [0.2, 0.25) is 0 Å². The molecule has 0 radical (unpaired) electrons. The summed E-state index contributed by atoms with van der Waals surface area (Å²) in [6.45, 7) is 5.50. The first-order chi connectivity index (χ1) is 17.2. The van der Waals surface area contributed by atoms with Crippen molar-refractivity contribution in [3.63, 3.8) is 0 Å². The van der Waals surface area contributed by atoms with Crippen LogP contribution in [0.3, 0.4) is 0 Å². The second-order valence-corrected chi connectivity index (χ2v) is 10.2. The van der Waals surface area contributed by atoms with E-state index in [1.807, 2.05) is 6.07 Å². The van der Waals surface area contributed by atoms with Crippen molar-refractivity contribution in [3.05, 3.63) is 95.6 Å². The summed E-state index contributed by atoms with van der Waals surface area (Å²) in [6.07, 6.45) is 4.14. The third kappa shape index (κ3) is 4.30. The number of fused-ring (bicyclic) bond motifs is 1. The van der Waals surface area contributed by atoms with E-state index in [0.717, 1.165) is 51.3 Å². The first-order valence-corrected chi connectivity index (χ1v) is 13.0. The molecule has 0 bridgehead atoms. The molecule has 3 aliphatic heterocycles. The standard InChI is InChI=1S/C30H34N4O/c35-29-30(34(23-31-29)27-9-2-1-3-10-27)16-19-32(20-17-30)21-24-12-14-25(15-13-24)22-33-18-6-8-26-7-4-5-11-28(26)33/h1-5,7,9-15H,6,8,16-23H2,(H,31,35). The minimum atomic E-state index is -0.410. The summed E-state index contributed by atoms with van der Waals surface area (Å²) in [6, 6.07) is 28.3. The molecule has 1 spiro atoms. The number of rotatable bonds is 5. The van der Waals surface area contributed by atoms with Gasteiger partial charge in [-0.15, -0.1) is 0 Å². The van der Waals surface area contributed by atoms with Crippen molar-refractivity contribution in [2.24, 2.45) is 0 Å². The molecule has 5 nitrogen and oxygen atoms in total. The highest BCUT2D eigenvalue weighted by molar-refractivity contribution is 5.93. The van der Waals surface area contributed by atoms with Crippen LogP contribution in [0.5, 0.6) is 0 Å². The number of amides is 1. The fourth-order valence-electron chi connectivity index (χ4n) is 6.12. The van der Waals surface area contributed by atoms with E-state index in [1.54, 1.807) is 0 Å². The maximum absolute atomic E-state index is 12.9. The van der Waals surface area contributed by atoms with Gasteiger partial charge in [0.15, 0.2) is 0 Å². The first-order valence-electron chi connectivity index (χ1n) is 13.0. The van der Waals surface area contributed by atoms with Crippen molar-refractivity contribution in [3.8, 4) is 0 Å². The van der Waals surface area contributed by atoms with Crippen LogP contribution in [0.25, 0.3) is 0 Å². The molecule has 0 atom stereocenters. The van der Waals surface area contributed by atoms with Crippen LogP contribution in [0.1, 0.15) is 36.0 Å². The SMILES string of the molecule is O=C1NCN(c2ccccc2)C12CCN(Cc1ccc(CN3CCCc4ccccc43)cc1)CC2. The Bertz CT molecular complexity index is 1170. The third-order valence-electron chi connectivity index (χ3n) is 8.10. The quantitative estimate of drug-likeness (QED) is 0.598. The van der Waals surface area contributed by atoms with Gasteiger partial charge < -0.3 is 15.1 Å². The van der Waals surface area contributed by atoms with Gasteiger partial charge in [-0.3, -0.25) is 9.69 Å². The van der Waals surface area contributed by atoms with Gasteiger partial charge in [-0.25, -0.2) is 0 Å². The van der Waals surface area contributed by atoms with Crippen LogP contribution in [-0.4, -0.2) is 42.6 Å². The van der Waals surface area contributed by atoms with E-state index in [0.29, 0.717) is 6.67 Å². The van der Waals surface area contributed by atoms with Crippen molar-refractivity contribution in [1.29, 1.82) is 0 Å². The average molecular weight is 467 g/mol. The molecule has 6 rings (SSSR count). The lowest BCUT2D eigenvalue weighted by Gasteiger charge is -2.43. The van der Waals surface area contributed by atoms with Gasteiger partial charge in [-0.05, 0) is 60.6 Å². The topological polar surface area (TPSA) is 38.8 Å². The van der Waals surface area contributed by atoms with E-state index in [2.05, 4.69) is 92.8 Å². The second-order valence-electron chi connectivity index (χ2n) is 10.2. The van der Waals surface area contributed by atoms with E-state index in [-0.39, 0.29) is 5.91 Å². The summed E-state index contributed by atoms with van der Waals surface area (Å²) < 4.78 is 0. The molecular formula is C30H34N4O. The summed E-state index contributed by atoms with van der Waals surface area (Å²) in [5.74, 6) is 0.185. The van der Waals surface area contributed by atoms with Gasteiger partial charge in [0.25, 0.3) is 0 Å². The number of anilines is 2. The van der Waals surface area contributed by atoms with E-state index >= 15 is 0 Å². The lowest BCUT2D eigenvalue weighted by atomic mass is 9.85.